The maximum Gasteiger partial charge on any atom is 0.325 e. The van der Waals surface area contributed by atoms with Crippen molar-refractivity contribution >= 4 is 39.8 Å². The number of aromatic nitrogens is 1. The quantitative estimate of drug-likeness (QED) is 0.788. The smallest absolute Gasteiger partial charge is 0.325 e. The van der Waals surface area contributed by atoms with E-state index in [1.807, 2.05) is 0 Å². The Labute approximate surface area is 136 Å². The third-order valence-corrected chi connectivity index (χ3v) is 4.69. The van der Waals surface area contributed by atoms with Gasteiger partial charge in [-0.05, 0) is 23.8 Å². The molecule has 2 aliphatic heterocycles. The minimum absolute atomic E-state index is 0.0304. The molecule has 2 aromatic rings. The highest BCUT2D eigenvalue weighted by atomic mass is 32.1. The number of nitrogens with one attached hydrogen (secondary N) is 3. The fraction of sp³-hybridized carbons (Fsp3) is 0.267. The Morgan fingerprint density at radius 3 is 3.13 bits per heavy atom. The highest BCUT2D eigenvalue weighted by Crippen LogP contribution is 2.28. The molecule has 0 saturated carbocycles. The van der Waals surface area contributed by atoms with Crippen LogP contribution in [-0.4, -0.2) is 23.5 Å². The number of fused-ring (bicyclic) bond motifs is 2. The van der Waals surface area contributed by atoms with Crippen LogP contribution < -0.4 is 16.0 Å². The van der Waals surface area contributed by atoms with E-state index in [1.165, 1.54) is 11.3 Å². The number of hydrogen-bond acceptors (Lipinski definition) is 5. The molecule has 0 unspecified atom stereocenters. The monoisotopic (exact) mass is 330 g/mol. The molecule has 3 amide bonds. The van der Waals surface area contributed by atoms with Gasteiger partial charge in [-0.15, -0.1) is 0 Å². The molecule has 0 bridgehead atoms. The topological polar surface area (TPSA) is 92.4 Å². The van der Waals surface area contributed by atoms with Crippen molar-refractivity contribution in [1.29, 1.82) is 0 Å². The minimum Gasteiger partial charge on any atom is -0.375 e. The first-order valence-corrected chi connectivity index (χ1v) is 8.06. The number of carbonyl (C=O) groups is 2. The number of urea groups is 1. The molecule has 3 N–H and O–H groups in total. The van der Waals surface area contributed by atoms with E-state index < -0.39 is 0 Å². The van der Waals surface area contributed by atoms with E-state index in [1.54, 1.807) is 18.2 Å². The predicted molar refractivity (Wildman–Crippen MR) is 86.9 cm³/mol. The van der Waals surface area contributed by atoms with Gasteiger partial charge in [0, 0.05) is 17.8 Å². The lowest BCUT2D eigenvalue weighted by atomic mass is 10.1. The van der Waals surface area contributed by atoms with E-state index in [0.717, 1.165) is 28.2 Å². The number of hydrogen-bond donors (Lipinski definition) is 3. The average Bonchev–Trinajstić information content (AvgIpc) is 3.07. The molecule has 0 saturated heterocycles. The summed E-state index contributed by atoms with van der Waals surface area (Å²) in [4.78, 5) is 28.9. The SMILES string of the molecule is O=C1Cc2cc(NC(=O)Nc3nc4c(s3)COCC4)ccc2N1. The zero-order chi connectivity index (χ0) is 15.8. The van der Waals surface area contributed by atoms with Crippen molar-refractivity contribution in [3.63, 3.8) is 0 Å². The molecule has 3 heterocycles. The van der Waals surface area contributed by atoms with Crippen molar-refractivity contribution in [2.75, 3.05) is 22.6 Å². The lowest BCUT2D eigenvalue weighted by molar-refractivity contribution is -0.115. The number of ether oxygens (including phenoxy) is 1. The Morgan fingerprint density at radius 1 is 1.35 bits per heavy atom. The second-order valence-electron chi connectivity index (χ2n) is 5.37. The number of amides is 3. The van der Waals surface area contributed by atoms with Crippen molar-refractivity contribution in [3.8, 4) is 0 Å². The molecule has 0 aliphatic carbocycles. The van der Waals surface area contributed by atoms with Gasteiger partial charge in [0.1, 0.15) is 0 Å². The van der Waals surface area contributed by atoms with E-state index in [0.29, 0.717) is 30.5 Å². The van der Waals surface area contributed by atoms with Crippen molar-refractivity contribution in [2.24, 2.45) is 0 Å². The van der Waals surface area contributed by atoms with Crippen molar-refractivity contribution in [1.82, 2.24) is 4.98 Å². The van der Waals surface area contributed by atoms with Gasteiger partial charge in [-0.1, -0.05) is 11.3 Å². The Bertz CT molecular complexity index is 779. The maximum absolute atomic E-state index is 12.1. The molecule has 7 nitrogen and oxygen atoms in total. The minimum atomic E-state index is -0.353. The third kappa shape index (κ3) is 2.90. The summed E-state index contributed by atoms with van der Waals surface area (Å²) in [6.07, 6.45) is 1.12. The van der Waals surface area contributed by atoms with E-state index in [9.17, 15) is 9.59 Å². The molecule has 0 spiro atoms. The first-order valence-electron chi connectivity index (χ1n) is 7.24. The summed E-state index contributed by atoms with van der Waals surface area (Å²) >= 11 is 1.43. The molecule has 0 radical (unpaired) electrons. The number of anilines is 3. The van der Waals surface area contributed by atoms with Gasteiger partial charge >= 0.3 is 6.03 Å². The van der Waals surface area contributed by atoms with E-state index in [2.05, 4.69) is 20.9 Å². The molecule has 1 aromatic carbocycles. The predicted octanol–water partition coefficient (Wildman–Crippen LogP) is 2.35. The van der Waals surface area contributed by atoms with Gasteiger partial charge in [0.05, 0.1) is 30.2 Å². The standard InChI is InChI=1S/C15H14N4O3S/c20-13-6-8-5-9(1-2-10(8)17-13)16-14(21)19-15-18-11-3-4-22-7-12(11)23-15/h1-2,5H,3-4,6-7H2,(H,17,20)(H2,16,18,19,21). The van der Waals surface area contributed by atoms with Crippen molar-refractivity contribution in [3.05, 3.63) is 34.3 Å². The molecule has 4 rings (SSSR count). The van der Waals surface area contributed by atoms with Gasteiger partial charge in [0.25, 0.3) is 0 Å². The van der Waals surface area contributed by atoms with Crippen LogP contribution >= 0.6 is 11.3 Å². The third-order valence-electron chi connectivity index (χ3n) is 3.70. The van der Waals surface area contributed by atoms with Crippen LogP contribution in [0.5, 0.6) is 0 Å². The number of thiazole rings is 1. The summed E-state index contributed by atoms with van der Waals surface area (Å²) in [5.41, 5.74) is 3.32. The zero-order valence-electron chi connectivity index (χ0n) is 12.1. The lowest BCUT2D eigenvalue weighted by Gasteiger charge is -2.08. The maximum atomic E-state index is 12.1. The molecule has 23 heavy (non-hydrogen) atoms. The van der Waals surface area contributed by atoms with Gasteiger partial charge in [0.2, 0.25) is 5.91 Å². The first kappa shape index (κ1) is 14.2. The van der Waals surface area contributed by atoms with Crippen molar-refractivity contribution in [2.45, 2.75) is 19.4 Å². The average molecular weight is 330 g/mol. The van der Waals surface area contributed by atoms with Gasteiger partial charge < -0.3 is 15.4 Å². The zero-order valence-corrected chi connectivity index (χ0v) is 13.0. The molecular weight excluding hydrogens is 316 g/mol. The van der Waals surface area contributed by atoms with Crippen LogP contribution in [0.4, 0.5) is 21.3 Å². The molecule has 0 atom stereocenters. The van der Waals surface area contributed by atoms with E-state index in [4.69, 9.17) is 4.74 Å². The summed E-state index contributed by atoms with van der Waals surface area (Å²) in [7, 11) is 0. The normalized spacial score (nSPS) is 15.6. The lowest BCUT2D eigenvalue weighted by Crippen LogP contribution is -2.19. The second-order valence-corrected chi connectivity index (χ2v) is 6.45. The number of nitrogens with zero attached hydrogens (tertiary/aromatic N) is 1. The summed E-state index contributed by atoms with van der Waals surface area (Å²) in [6, 6.07) is 4.99. The van der Waals surface area contributed by atoms with Crippen LogP contribution in [-0.2, 0) is 29.0 Å². The van der Waals surface area contributed by atoms with Crippen LogP contribution in [0.15, 0.2) is 18.2 Å². The van der Waals surface area contributed by atoms with Crippen LogP contribution in [0.2, 0.25) is 0 Å². The summed E-state index contributed by atoms with van der Waals surface area (Å²) in [5.74, 6) is -0.0304. The fourth-order valence-corrected chi connectivity index (χ4v) is 3.59. The molecule has 118 valence electrons. The Morgan fingerprint density at radius 2 is 2.26 bits per heavy atom. The summed E-state index contributed by atoms with van der Waals surface area (Å²) in [6.45, 7) is 1.23. The summed E-state index contributed by atoms with van der Waals surface area (Å²) < 4.78 is 5.37. The molecular formula is C15H14N4O3S. The molecule has 1 aromatic heterocycles. The molecule has 0 fully saturated rings. The van der Waals surface area contributed by atoms with E-state index in [-0.39, 0.29) is 11.9 Å². The van der Waals surface area contributed by atoms with Gasteiger partial charge in [-0.25, -0.2) is 9.78 Å². The van der Waals surface area contributed by atoms with Gasteiger partial charge in [-0.3, -0.25) is 10.1 Å². The molecule has 8 heteroatoms. The summed E-state index contributed by atoms with van der Waals surface area (Å²) in [5, 5.41) is 8.83. The highest BCUT2D eigenvalue weighted by Gasteiger charge is 2.19. The number of carbonyl (C=O) groups excluding carboxylic acids is 2. The van der Waals surface area contributed by atoms with Gasteiger partial charge in [0.15, 0.2) is 5.13 Å². The number of rotatable bonds is 2. The largest absolute Gasteiger partial charge is 0.375 e. The van der Waals surface area contributed by atoms with Crippen molar-refractivity contribution < 1.29 is 14.3 Å². The molecule has 2 aliphatic rings. The van der Waals surface area contributed by atoms with Crippen LogP contribution in [0.3, 0.4) is 0 Å². The van der Waals surface area contributed by atoms with Crippen LogP contribution in [0, 0.1) is 0 Å². The van der Waals surface area contributed by atoms with Crippen LogP contribution in [0.25, 0.3) is 0 Å². The van der Waals surface area contributed by atoms with E-state index >= 15 is 0 Å². The Kier molecular flexibility index (Phi) is 3.47. The van der Waals surface area contributed by atoms with Gasteiger partial charge in [-0.2, -0.15) is 0 Å². The highest BCUT2D eigenvalue weighted by molar-refractivity contribution is 7.15. The first-order chi connectivity index (χ1) is 11.2. The number of benzene rings is 1. The Balaban J connectivity index is 1.43. The van der Waals surface area contributed by atoms with Crippen LogP contribution in [0.1, 0.15) is 16.1 Å². The Hall–Kier alpha value is -2.45. The second kappa shape index (κ2) is 5.64. The fourth-order valence-electron chi connectivity index (χ4n) is 2.65.